The molecule has 2 aromatic rings. The molecule has 5 heteroatoms. The summed E-state index contributed by atoms with van der Waals surface area (Å²) in [6.07, 6.45) is 0. The Morgan fingerprint density at radius 3 is 2.84 bits per heavy atom. The van der Waals surface area contributed by atoms with Crippen LogP contribution in [0, 0.1) is 10.1 Å². The van der Waals surface area contributed by atoms with E-state index in [-0.39, 0.29) is 16.7 Å². The molecule has 0 N–H and O–H groups in total. The van der Waals surface area contributed by atoms with Crippen LogP contribution >= 0.6 is 0 Å². The van der Waals surface area contributed by atoms with Gasteiger partial charge in [0.1, 0.15) is 11.3 Å². The fourth-order valence-corrected chi connectivity index (χ4v) is 2.93. The van der Waals surface area contributed by atoms with Crippen molar-refractivity contribution in [2.24, 2.45) is 0 Å². The van der Waals surface area contributed by atoms with Crippen molar-refractivity contribution < 1.29 is 9.34 Å². The van der Waals surface area contributed by atoms with Gasteiger partial charge in [0.15, 0.2) is 0 Å². The molecule has 5 nitrogen and oxygen atoms in total. The summed E-state index contributed by atoms with van der Waals surface area (Å²) in [6, 6.07) is 5.04. The molecule has 1 aromatic heterocycles. The molecule has 0 bridgehead atoms. The minimum atomic E-state index is -0.362. The molecule has 3 rings (SSSR count). The number of hydrogen-bond donors (Lipinski definition) is 0. The van der Waals surface area contributed by atoms with E-state index in [1.165, 1.54) is 6.07 Å². The normalized spacial score (nSPS) is 23.5. The number of likely N-dealkylation sites (N-methyl/N-ethyl adjacent to an activating group) is 1. The largest absolute Gasteiger partial charge is 0.460 e. The van der Waals surface area contributed by atoms with E-state index in [0.29, 0.717) is 5.92 Å². The molecular weight excluding hydrogens is 244 g/mol. The fourth-order valence-electron chi connectivity index (χ4n) is 2.93. The maximum Gasteiger partial charge on any atom is 0.270 e. The summed E-state index contributed by atoms with van der Waals surface area (Å²) in [5.41, 5.74) is 1.95. The Morgan fingerprint density at radius 1 is 1.42 bits per heavy atom. The Hall–Kier alpha value is -1.88. The number of benzene rings is 1. The Kier molecular flexibility index (Phi) is 2.60. The van der Waals surface area contributed by atoms with E-state index in [0.717, 1.165) is 28.8 Å². The molecule has 1 aliphatic heterocycles. The highest BCUT2D eigenvalue weighted by atomic mass is 16.6. The van der Waals surface area contributed by atoms with Crippen LogP contribution in [0.2, 0.25) is 0 Å². The van der Waals surface area contributed by atoms with Crippen LogP contribution in [0.4, 0.5) is 5.69 Å². The van der Waals surface area contributed by atoms with Gasteiger partial charge in [0.25, 0.3) is 5.69 Å². The van der Waals surface area contributed by atoms with Crippen molar-refractivity contribution in [2.45, 2.75) is 25.8 Å². The van der Waals surface area contributed by atoms with Gasteiger partial charge in [0, 0.05) is 41.6 Å². The maximum atomic E-state index is 10.9. The molecule has 0 saturated carbocycles. The topological polar surface area (TPSA) is 59.5 Å². The molecule has 100 valence electrons. The molecule has 19 heavy (non-hydrogen) atoms. The monoisotopic (exact) mass is 260 g/mol. The molecule has 2 unspecified atom stereocenters. The van der Waals surface area contributed by atoms with Crippen molar-refractivity contribution >= 4 is 16.7 Å². The van der Waals surface area contributed by atoms with Crippen molar-refractivity contribution in [3.63, 3.8) is 0 Å². The number of furan rings is 1. The molecular formula is C14H16N2O3. The van der Waals surface area contributed by atoms with Gasteiger partial charge in [-0.15, -0.1) is 0 Å². The lowest BCUT2D eigenvalue weighted by molar-refractivity contribution is -0.384. The van der Waals surface area contributed by atoms with Crippen LogP contribution < -0.4 is 0 Å². The third-order valence-corrected chi connectivity index (χ3v) is 4.04. The fraction of sp³-hybridized carbons (Fsp3) is 0.429. The van der Waals surface area contributed by atoms with Crippen molar-refractivity contribution in [3.8, 4) is 0 Å². The van der Waals surface area contributed by atoms with E-state index in [4.69, 9.17) is 4.42 Å². The summed E-state index contributed by atoms with van der Waals surface area (Å²) < 4.78 is 5.91. The third kappa shape index (κ3) is 1.73. The number of fused-ring (bicyclic) bond motifs is 3. The highest BCUT2D eigenvalue weighted by Crippen LogP contribution is 2.42. The predicted octanol–water partition coefficient (Wildman–Crippen LogP) is 3.45. The Bertz CT molecular complexity index is 662. The van der Waals surface area contributed by atoms with Crippen molar-refractivity contribution in [2.75, 3.05) is 13.6 Å². The molecule has 0 saturated heterocycles. The second kappa shape index (κ2) is 4.06. The summed E-state index contributed by atoms with van der Waals surface area (Å²) in [5.74, 6) is 1.28. The number of non-ortho nitro benzene ring substituents is 1. The van der Waals surface area contributed by atoms with Gasteiger partial charge in [0.05, 0.1) is 4.92 Å². The average molecular weight is 260 g/mol. The number of hydrogen-bond acceptors (Lipinski definition) is 4. The van der Waals surface area contributed by atoms with Gasteiger partial charge in [0.2, 0.25) is 0 Å². The van der Waals surface area contributed by atoms with Crippen LogP contribution in [-0.2, 0) is 0 Å². The summed E-state index contributed by atoms with van der Waals surface area (Å²) in [5, 5.41) is 11.8. The molecule has 2 atom stereocenters. The standard InChI is InChI=1S/C14H16N2O3/c1-8-7-15(3)9(2)13-11-6-10(16(17)18)4-5-12(11)19-14(8)13/h4-6,8-9H,7H2,1-3H3. The number of rotatable bonds is 1. The molecule has 0 aliphatic carbocycles. The van der Waals surface area contributed by atoms with Crippen molar-refractivity contribution in [1.29, 1.82) is 0 Å². The quantitative estimate of drug-likeness (QED) is 0.582. The van der Waals surface area contributed by atoms with E-state index in [2.05, 4.69) is 25.8 Å². The van der Waals surface area contributed by atoms with Gasteiger partial charge < -0.3 is 4.42 Å². The predicted molar refractivity (Wildman–Crippen MR) is 72.3 cm³/mol. The van der Waals surface area contributed by atoms with Crippen LogP contribution in [0.15, 0.2) is 22.6 Å². The lowest BCUT2D eigenvalue weighted by Crippen LogP contribution is -2.31. The van der Waals surface area contributed by atoms with E-state index in [1.54, 1.807) is 12.1 Å². The minimum Gasteiger partial charge on any atom is -0.460 e. The molecule has 0 radical (unpaired) electrons. The van der Waals surface area contributed by atoms with Gasteiger partial charge in [-0.1, -0.05) is 6.92 Å². The van der Waals surface area contributed by atoms with Gasteiger partial charge in [-0.3, -0.25) is 15.0 Å². The van der Waals surface area contributed by atoms with Crippen LogP contribution in [0.5, 0.6) is 0 Å². The summed E-state index contributed by atoms with van der Waals surface area (Å²) >= 11 is 0. The Labute approximate surface area is 111 Å². The zero-order valence-corrected chi connectivity index (χ0v) is 11.2. The Balaban J connectivity index is 2.28. The first-order valence-electron chi connectivity index (χ1n) is 6.40. The maximum absolute atomic E-state index is 10.9. The van der Waals surface area contributed by atoms with E-state index >= 15 is 0 Å². The summed E-state index contributed by atoms with van der Waals surface area (Å²) in [4.78, 5) is 12.8. The SMILES string of the molecule is CC1CN(C)C(C)c2c1oc1ccc([N+](=O)[O-])cc21. The van der Waals surface area contributed by atoms with Crippen molar-refractivity contribution in [3.05, 3.63) is 39.6 Å². The van der Waals surface area contributed by atoms with Crippen LogP contribution in [-0.4, -0.2) is 23.4 Å². The molecule has 0 amide bonds. The molecule has 0 fully saturated rings. The van der Waals surface area contributed by atoms with Crippen LogP contribution in [0.25, 0.3) is 11.0 Å². The number of nitro benzene ring substituents is 1. The zero-order valence-electron chi connectivity index (χ0n) is 11.2. The van der Waals surface area contributed by atoms with E-state index < -0.39 is 0 Å². The lowest BCUT2D eigenvalue weighted by atomic mass is 9.92. The van der Waals surface area contributed by atoms with Gasteiger partial charge in [-0.2, -0.15) is 0 Å². The second-order valence-corrected chi connectivity index (χ2v) is 5.33. The summed E-state index contributed by atoms with van der Waals surface area (Å²) in [6.45, 7) is 5.17. The minimum absolute atomic E-state index is 0.115. The highest BCUT2D eigenvalue weighted by molar-refractivity contribution is 5.85. The lowest BCUT2D eigenvalue weighted by Gasteiger charge is -2.32. The van der Waals surface area contributed by atoms with Crippen LogP contribution in [0.1, 0.15) is 37.1 Å². The van der Waals surface area contributed by atoms with E-state index in [9.17, 15) is 10.1 Å². The summed E-state index contributed by atoms with van der Waals surface area (Å²) in [7, 11) is 2.07. The zero-order chi connectivity index (χ0) is 13.7. The average Bonchev–Trinajstić information content (AvgIpc) is 2.75. The smallest absolute Gasteiger partial charge is 0.270 e. The molecule has 1 aromatic carbocycles. The second-order valence-electron chi connectivity index (χ2n) is 5.33. The van der Waals surface area contributed by atoms with E-state index in [1.807, 2.05) is 0 Å². The molecule has 0 spiro atoms. The third-order valence-electron chi connectivity index (χ3n) is 4.04. The van der Waals surface area contributed by atoms with Gasteiger partial charge >= 0.3 is 0 Å². The molecule has 2 heterocycles. The first-order chi connectivity index (χ1) is 8.99. The van der Waals surface area contributed by atoms with Crippen LogP contribution in [0.3, 0.4) is 0 Å². The van der Waals surface area contributed by atoms with Crippen molar-refractivity contribution in [1.82, 2.24) is 4.90 Å². The number of nitrogens with zero attached hydrogens (tertiary/aromatic N) is 2. The van der Waals surface area contributed by atoms with Gasteiger partial charge in [-0.25, -0.2) is 0 Å². The van der Waals surface area contributed by atoms with Gasteiger partial charge in [-0.05, 0) is 20.0 Å². The number of nitro groups is 1. The first kappa shape index (κ1) is 12.2. The highest BCUT2D eigenvalue weighted by Gasteiger charge is 2.32. The Morgan fingerprint density at radius 2 is 2.16 bits per heavy atom. The molecule has 1 aliphatic rings. The first-order valence-corrected chi connectivity index (χ1v) is 6.40.